The first kappa shape index (κ1) is 35.0. The smallest absolute Gasteiger partial charge is 0.0714 e. The Bertz CT molecular complexity index is 2950. The molecule has 0 aliphatic heterocycles. The van der Waals surface area contributed by atoms with Crippen molar-refractivity contribution in [1.29, 1.82) is 0 Å². The molecule has 0 radical (unpaired) electrons. The SMILES string of the molecule is CC1(C)c2ccc(N(c3ccc(-c4ccccc4)cc3)c3cccc(C4(c5ccccc5)c5ccccc5-c5ccccc54)c3)cc2-c2c(-c3ccccc3)cccc21. The number of anilines is 3. The van der Waals surface area contributed by atoms with E-state index in [1.807, 2.05) is 0 Å². The number of benzene rings is 9. The van der Waals surface area contributed by atoms with Crippen LogP contribution in [0.1, 0.15) is 47.2 Å². The van der Waals surface area contributed by atoms with Crippen molar-refractivity contribution in [3.63, 3.8) is 0 Å². The summed E-state index contributed by atoms with van der Waals surface area (Å²) in [5.41, 5.74) is 20.7. The Morgan fingerprint density at radius 2 is 0.797 bits per heavy atom. The average molecular weight is 754 g/mol. The van der Waals surface area contributed by atoms with Crippen molar-refractivity contribution in [3.05, 3.63) is 258 Å². The molecular formula is C58H43N. The summed E-state index contributed by atoms with van der Waals surface area (Å²) in [6.45, 7) is 4.74. The lowest BCUT2D eigenvalue weighted by molar-refractivity contribution is 0.660. The number of fused-ring (bicyclic) bond motifs is 6. The zero-order valence-electron chi connectivity index (χ0n) is 33.3. The summed E-state index contributed by atoms with van der Waals surface area (Å²) in [5, 5.41) is 0. The van der Waals surface area contributed by atoms with E-state index in [1.165, 1.54) is 77.9 Å². The zero-order chi connectivity index (χ0) is 39.6. The summed E-state index contributed by atoms with van der Waals surface area (Å²) >= 11 is 0. The summed E-state index contributed by atoms with van der Waals surface area (Å²) < 4.78 is 0. The molecule has 2 aliphatic rings. The highest BCUT2D eigenvalue weighted by atomic mass is 15.1. The van der Waals surface area contributed by atoms with E-state index in [-0.39, 0.29) is 5.41 Å². The Kier molecular flexibility index (Phi) is 8.13. The van der Waals surface area contributed by atoms with Crippen molar-refractivity contribution in [2.75, 3.05) is 4.90 Å². The van der Waals surface area contributed by atoms with Gasteiger partial charge in [-0.3, -0.25) is 0 Å². The summed E-state index contributed by atoms with van der Waals surface area (Å²) in [6, 6.07) is 82.9. The predicted octanol–water partition coefficient (Wildman–Crippen LogP) is 15.2. The molecule has 9 aromatic carbocycles. The quantitative estimate of drug-likeness (QED) is 0.157. The first-order chi connectivity index (χ1) is 29.0. The number of nitrogens with zero attached hydrogens (tertiary/aromatic N) is 1. The maximum Gasteiger partial charge on any atom is 0.0714 e. The van der Waals surface area contributed by atoms with Crippen molar-refractivity contribution in [3.8, 4) is 44.5 Å². The van der Waals surface area contributed by atoms with Gasteiger partial charge in [0, 0.05) is 22.5 Å². The highest BCUT2D eigenvalue weighted by Gasteiger charge is 2.46. The predicted molar refractivity (Wildman–Crippen MR) is 247 cm³/mol. The van der Waals surface area contributed by atoms with Gasteiger partial charge in [0.05, 0.1) is 5.41 Å². The van der Waals surface area contributed by atoms with E-state index in [9.17, 15) is 0 Å². The minimum atomic E-state index is -0.501. The Labute approximate surface area is 347 Å². The van der Waals surface area contributed by atoms with Gasteiger partial charge >= 0.3 is 0 Å². The van der Waals surface area contributed by atoms with E-state index in [0.717, 1.165) is 17.1 Å². The fourth-order valence-corrected chi connectivity index (χ4v) is 10.3. The van der Waals surface area contributed by atoms with E-state index in [2.05, 4.69) is 243 Å². The molecule has 0 spiro atoms. The first-order valence-corrected chi connectivity index (χ1v) is 20.7. The van der Waals surface area contributed by atoms with Crippen LogP contribution in [0.2, 0.25) is 0 Å². The molecule has 0 saturated carbocycles. The first-order valence-electron chi connectivity index (χ1n) is 20.7. The van der Waals surface area contributed by atoms with Crippen molar-refractivity contribution in [2.45, 2.75) is 24.7 Å². The van der Waals surface area contributed by atoms with Crippen LogP contribution in [0.25, 0.3) is 44.5 Å². The van der Waals surface area contributed by atoms with E-state index in [0.29, 0.717) is 0 Å². The molecule has 0 bridgehead atoms. The topological polar surface area (TPSA) is 3.24 Å². The van der Waals surface area contributed by atoms with Gasteiger partial charge in [-0.2, -0.15) is 0 Å². The Hall–Kier alpha value is -7.22. The van der Waals surface area contributed by atoms with Gasteiger partial charge in [0.1, 0.15) is 0 Å². The van der Waals surface area contributed by atoms with Crippen molar-refractivity contribution >= 4 is 17.1 Å². The lowest BCUT2D eigenvalue weighted by Gasteiger charge is -2.35. The second-order valence-electron chi connectivity index (χ2n) is 16.5. The molecule has 0 aromatic heterocycles. The molecule has 0 N–H and O–H groups in total. The minimum Gasteiger partial charge on any atom is -0.310 e. The Morgan fingerprint density at radius 1 is 0.305 bits per heavy atom. The third-order valence-electron chi connectivity index (χ3n) is 13.0. The molecule has 280 valence electrons. The van der Waals surface area contributed by atoms with E-state index >= 15 is 0 Å². The van der Waals surface area contributed by atoms with E-state index < -0.39 is 5.41 Å². The van der Waals surface area contributed by atoms with Gasteiger partial charge in [0.25, 0.3) is 0 Å². The second kappa shape index (κ2) is 13.7. The fraction of sp³-hybridized carbons (Fsp3) is 0.0690. The maximum atomic E-state index is 2.46. The lowest BCUT2D eigenvalue weighted by atomic mass is 9.67. The number of rotatable bonds is 7. The van der Waals surface area contributed by atoms with Crippen LogP contribution >= 0.6 is 0 Å². The molecule has 0 amide bonds. The van der Waals surface area contributed by atoms with E-state index in [4.69, 9.17) is 0 Å². The van der Waals surface area contributed by atoms with Gasteiger partial charge in [0.15, 0.2) is 0 Å². The highest BCUT2D eigenvalue weighted by Crippen LogP contribution is 2.57. The van der Waals surface area contributed by atoms with Gasteiger partial charge in [-0.1, -0.05) is 202 Å². The van der Waals surface area contributed by atoms with Crippen molar-refractivity contribution in [2.24, 2.45) is 0 Å². The summed E-state index contributed by atoms with van der Waals surface area (Å²) in [4.78, 5) is 2.46. The van der Waals surface area contributed by atoms with Crippen LogP contribution < -0.4 is 4.90 Å². The monoisotopic (exact) mass is 753 g/mol. The molecule has 0 heterocycles. The number of hydrogen-bond acceptors (Lipinski definition) is 1. The number of hydrogen-bond donors (Lipinski definition) is 0. The van der Waals surface area contributed by atoms with Gasteiger partial charge in [0.2, 0.25) is 0 Å². The fourth-order valence-electron chi connectivity index (χ4n) is 10.3. The normalized spacial score (nSPS) is 13.9. The van der Waals surface area contributed by atoms with Crippen molar-refractivity contribution < 1.29 is 0 Å². The molecule has 2 aliphatic carbocycles. The Morgan fingerprint density at radius 3 is 1.47 bits per heavy atom. The molecule has 0 atom stereocenters. The van der Waals surface area contributed by atoms with Crippen LogP contribution in [-0.4, -0.2) is 0 Å². The average Bonchev–Trinajstić information content (AvgIpc) is 3.73. The zero-order valence-corrected chi connectivity index (χ0v) is 33.3. The van der Waals surface area contributed by atoms with Gasteiger partial charge < -0.3 is 4.90 Å². The largest absolute Gasteiger partial charge is 0.310 e. The van der Waals surface area contributed by atoms with Gasteiger partial charge in [-0.05, 0) is 114 Å². The van der Waals surface area contributed by atoms with Crippen LogP contribution in [0.5, 0.6) is 0 Å². The summed E-state index contributed by atoms with van der Waals surface area (Å²) in [5.74, 6) is 0. The van der Waals surface area contributed by atoms with Crippen LogP contribution in [-0.2, 0) is 10.8 Å². The molecular weight excluding hydrogens is 711 g/mol. The van der Waals surface area contributed by atoms with Crippen LogP contribution in [0.3, 0.4) is 0 Å². The summed E-state index contributed by atoms with van der Waals surface area (Å²) in [6.07, 6.45) is 0. The third kappa shape index (κ3) is 5.39. The maximum absolute atomic E-state index is 2.46. The minimum absolute atomic E-state index is 0.138. The van der Waals surface area contributed by atoms with E-state index in [1.54, 1.807) is 0 Å². The van der Waals surface area contributed by atoms with Gasteiger partial charge in [-0.15, -0.1) is 0 Å². The molecule has 1 heteroatoms. The molecule has 0 fully saturated rings. The third-order valence-corrected chi connectivity index (χ3v) is 13.0. The van der Waals surface area contributed by atoms with Crippen LogP contribution in [0.15, 0.2) is 224 Å². The standard InChI is InChI=1S/C58H43N/c1-57(2)52-37-36-47(39-51(52)56-48(28-17-31-55(56)57)42-20-8-4-9-21-42)59(45-34-32-41(33-35-45)40-18-6-3-7-19-40)46-25-16-24-44(38-46)58(43-22-10-5-11-23-43)53-29-14-12-26-49(53)50-27-13-15-30-54(50)58/h3-39H,1-2H3. The second-order valence-corrected chi connectivity index (χ2v) is 16.5. The Balaban J connectivity index is 1.14. The molecule has 0 unspecified atom stereocenters. The van der Waals surface area contributed by atoms with Crippen molar-refractivity contribution in [1.82, 2.24) is 0 Å². The molecule has 59 heavy (non-hydrogen) atoms. The summed E-state index contributed by atoms with van der Waals surface area (Å²) in [7, 11) is 0. The lowest BCUT2D eigenvalue weighted by Crippen LogP contribution is -2.28. The molecule has 9 aromatic rings. The molecule has 11 rings (SSSR count). The molecule has 1 nitrogen and oxygen atoms in total. The van der Waals surface area contributed by atoms with Crippen LogP contribution in [0.4, 0.5) is 17.1 Å². The molecule has 0 saturated heterocycles. The highest BCUT2D eigenvalue weighted by molar-refractivity contribution is 5.95. The van der Waals surface area contributed by atoms with Gasteiger partial charge in [-0.25, -0.2) is 0 Å². The van der Waals surface area contributed by atoms with Crippen LogP contribution in [0, 0.1) is 0 Å².